The molecule has 0 radical (unpaired) electrons. The van der Waals surface area contributed by atoms with Crippen LogP contribution in [0.15, 0.2) is 11.1 Å². The van der Waals surface area contributed by atoms with E-state index in [1.54, 1.807) is 20.8 Å². The zero-order chi connectivity index (χ0) is 25.2. The minimum atomic E-state index is -1.17. The molecule has 0 atom stereocenters. The third-order valence-corrected chi connectivity index (χ3v) is 7.14. The molecule has 1 amide bonds. The number of rotatable bonds is 8. The summed E-state index contributed by atoms with van der Waals surface area (Å²) in [6, 6.07) is 0. The summed E-state index contributed by atoms with van der Waals surface area (Å²) < 4.78 is 11.1. The number of ether oxygens (including phenoxy) is 2. The van der Waals surface area contributed by atoms with Crippen molar-refractivity contribution in [2.24, 2.45) is 0 Å². The van der Waals surface area contributed by atoms with Gasteiger partial charge in [-0.1, -0.05) is 0 Å². The van der Waals surface area contributed by atoms with Crippen molar-refractivity contribution in [1.82, 2.24) is 9.55 Å². The first-order valence-electron chi connectivity index (χ1n) is 10.1. The number of carboxylic acid groups (broad SMARTS) is 1. The van der Waals surface area contributed by atoms with Crippen LogP contribution in [0.25, 0.3) is 10.2 Å². The van der Waals surface area contributed by atoms with Crippen LogP contribution in [0.5, 0.6) is 0 Å². The fourth-order valence-electron chi connectivity index (χ4n) is 3.24. The molecule has 34 heavy (non-hydrogen) atoms. The second-order valence-corrected chi connectivity index (χ2v) is 8.99. The second-order valence-electron chi connectivity index (χ2n) is 6.97. The van der Waals surface area contributed by atoms with Crippen molar-refractivity contribution in [3.05, 3.63) is 43.1 Å². The number of carbonyl (C=O) groups excluding carboxylic acids is 3. The van der Waals surface area contributed by atoms with E-state index in [-0.39, 0.29) is 49.3 Å². The number of fused-ring (bicyclic) bond motifs is 1. The number of anilines is 1. The highest BCUT2D eigenvalue weighted by atomic mass is 32.1. The Balaban J connectivity index is 1.94. The van der Waals surface area contributed by atoms with E-state index in [2.05, 4.69) is 10.3 Å². The molecule has 0 fully saturated rings. The first-order valence-corrected chi connectivity index (χ1v) is 11.7. The van der Waals surface area contributed by atoms with E-state index < -0.39 is 35.9 Å². The quantitative estimate of drug-likeness (QED) is 0.438. The summed E-state index contributed by atoms with van der Waals surface area (Å²) in [5, 5.41) is 12.1. The summed E-state index contributed by atoms with van der Waals surface area (Å²) in [6.07, 6.45) is 1.15. The third-order valence-electron chi connectivity index (χ3n) is 4.77. The Labute approximate surface area is 200 Å². The molecule has 0 aliphatic carbocycles. The van der Waals surface area contributed by atoms with Crippen molar-refractivity contribution in [2.75, 3.05) is 18.5 Å². The van der Waals surface area contributed by atoms with Gasteiger partial charge in [0.25, 0.3) is 5.56 Å². The molecule has 180 valence electrons. The fourth-order valence-corrected chi connectivity index (χ4v) is 5.32. The molecular weight excluding hydrogens is 486 g/mol. The van der Waals surface area contributed by atoms with Crippen LogP contribution < -0.4 is 10.9 Å². The standard InChI is InChI=1S/C21H21N3O8S2/c1-5-31-20(29)13-10(4)15(21(30)32-6-2)34-17(13)23-11(25)7-24-8-22-16-12(18(24)26)9(3)14(33-16)19(27)28/h8H,5-7H2,1-4H3,(H,23,25)(H,27,28). The largest absolute Gasteiger partial charge is 0.477 e. The Kier molecular flexibility index (Phi) is 7.47. The number of amides is 1. The van der Waals surface area contributed by atoms with Crippen LogP contribution in [0.3, 0.4) is 0 Å². The van der Waals surface area contributed by atoms with E-state index in [1.807, 2.05) is 0 Å². The van der Waals surface area contributed by atoms with Crippen LogP contribution in [0.4, 0.5) is 5.00 Å². The lowest BCUT2D eigenvalue weighted by atomic mass is 10.1. The van der Waals surface area contributed by atoms with Crippen molar-refractivity contribution in [3.8, 4) is 0 Å². The molecule has 2 N–H and O–H groups in total. The summed E-state index contributed by atoms with van der Waals surface area (Å²) in [4.78, 5) is 66.3. The number of hydrogen-bond acceptors (Lipinski definition) is 10. The highest BCUT2D eigenvalue weighted by Gasteiger charge is 2.27. The van der Waals surface area contributed by atoms with E-state index in [9.17, 15) is 29.1 Å². The van der Waals surface area contributed by atoms with E-state index in [4.69, 9.17) is 9.47 Å². The third kappa shape index (κ3) is 4.70. The molecule has 0 spiro atoms. The number of aromatic carboxylic acids is 1. The molecule has 3 aromatic heterocycles. The predicted octanol–water partition coefficient (Wildman–Crippen LogP) is 2.83. The number of nitrogens with one attached hydrogen (secondary N) is 1. The van der Waals surface area contributed by atoms with Gasteiger partial charge in [-0.15, -0.1) is 22.7 Å². The Bertz CT molecular complexity index is 1370. The number of thiophene rings is 2. The monoisotopic (exact) mass is 507 g/mol. The number of hydrogen-bond donors (Lipinski definition) is 2. The Morgan fingerprint density at radius 3 is 2.29 bits per heavy atom. The van der Waals surface area contributed by atoms with Crippen molar-refractivity contribution >= 4 is 61.7 Å². The molecule has 3 aromatic rings. The maximum atomic E-state index is 12.9. The zero-order valence-corrected chi connectivity index (χ0v) is 20.3. The molecule has 0 saturated carbocycles. The second kappa shape index (κ2) is 10.1. The minimum Gasteiger partial charge on any atom is -0.477 e. The van der Waals surface area contributed by atoms with Crippen molar-refractivity contribution < 1.29 is 33.8 Å². The summed E-state index contributed by atoms with van der Waals surface area (Å²) >= 11 is 1.75. The van der Waals surface area contributed by atoms with E-state index in [1.165, 1.54) is 6.92 Å². The molecule has 0 aliphatic rings. The lowest BCUT2D eigenvalue weighted by Gasteiger charge is -2.08. The van der Waals surface area contributed by atoms with Gasteiger partial charge in [0.15, 0.2) is 0 Å². The molecule has 0 saturated heterocycles. The topological polar surface area (TPSA) is 154 Å². The molecule has 3 heterocycles. The van der Waals surface area contributed by atoms with E-state index in [0.29, 0.717) is 5.56 Å². The summed E-state index contributed by atoms with van der Waals surface area (Å²) in [5.74, 6) is -3.17. The van der Waals surface area contributed by atoms with Crippen LogP contribution in [-0.4, -0.2) is 51.7 Å². The number of nitrogens with zero attached hydrogens (tertiary/aromatic N) is 2. The van der Waals surface area contributed by atoms with Gasteiger partial charge in [-0.3, -0.25) is 14.2 Å². The molecule has 0 aliphatic heterocycles. The van der Waals surface area contributed by atoms with Gasteiger partial charge in [-0.05, 0) is 38.8 Å². The van der Waals surface area contributed by atoms with Crippen LogP contribution in [0, 0.1) is 13.8 Å². The molecule has 3 rings (SSSR count). The summed E-state index contributed by atoms with van der Waals surface area (Å²) in [7, 11) is 0. The maximum absolute atomic E-state index is 12.9. The van der Waals surface area contributed by atoms with Gasteiger partial charge >= 0.3 is 17.9 Å². The van der Waals surface area contributed by atoms with Crippen molar-refractivity contribution in [2.45, 2.75) is 34.2 Å². The Morgan fingerprint density at radius 1 is 1.03 bits per heavy atom. The molecule has 0 bridgehead atoms. The number of carboxylic acids is 1. The normalized spacial score (nSPS) is 10.8. The number of aromatic nitrogens is 2. The minimum absolute atomic E-state index is 0.00133. The SMILES string of the molecule is CCOC(=O)c1sc(NC(=O)Cn2cnc3sc(C(=O)O)c(C)c3c2=O)c(C(=O)OCC)c1C. The lowest BCUT2D eigenvalue weighted by Crippen LogP contribution is -2.28. The molecule has 13 heteroatoms. The van der Waals surface area contributed by atoms with Crippen LogP contribution in [-0.2, 0) is 20.8 Å². The average molecular weight is 508 g/mol. The number of aryl methyl sites for hydroxylation is 1. The van der Waals surface area contributed by atoms with Crippen molar-refractivity contribution in [1.29, 1.82) is 0 Å². The van der Waals surface area contributed by atoms with E-state index in [0.717, 1.165) is 33.6 Å². The van der Waals surface area contributed by atoms with Gasteiger partial charge in [-0.2, -0.15) is 0 Å². The predicted molar refractivity (Wildman–Crippen MR) is 125 cm³/mol. The maximum Gasteiger partial charge on any atom is 0.348 e. The Hall–Kier alpha value is -3.58. The zero-order valence-electron chi connectivity index (χ0n) is 18.7. The number of carbonyl (C=O) groups is 4. The van der Waals surface area contributed by atoms with Crippen LogP contribution in [0.1, 0.15) is 54.7 Å². The first kappa shape index (κ1) is 25.1. The highest BCUT2D eigenvalue weighted by molar-refractivity contribution is 7.20. The van der Waals surface area contributed by atoms with Gasteiger partial charge in [0.05, 0.1) is 30.5 Å². The smallest absolute Gasteiger partial charge is 0.348 e. The van der Waals surface area contributed by atoms with Crippen LogP contribution in [0.2, 0.25) is 0 Å². The van der Waals surface area contributed by atoms with Gasteiger partial charge in [0.2, 0.25) is 5.91 Å². The van der Waals surface area contributed by atoms with Gasteiger partial charge in [0.1, 0.15) is 26.1 Å². The Morgan fingerprint density at radius 2 is 1.68 bits per heavy atom. The lowest BCUT2D eigenvalue weighted by molar-refractivity contribution is -0.116. The van der Waals surface area contributed by atoms with Crippen LogP contribution >= 0.6 is 22.7 Å². The molecule has 11 nitrogen and oxygen atoms in total. The molecular formula is C21H21N3O8S2. The van der Waals surface area contributed by atoms with Gasteiger partial charge in [-0.25, -0.2) is 19.4 Å². The number of esters is 2. The molecule has 0 unspecified atom stereocenters. The molecule has 0 aromatic carbocycles. The van der Waals surface area contributed by atoms with Gasteiger partial charge in [0, 0.05) is 0 Å². The first-order chi connectivity index (χ1) is 16.1. The van der Waals surface area contributed by atoms with Gasteiger partial charge < -0.3 is 19.9 Å². The fraction of sp³-hybridized carbons (Fsp3) is 0.333. The van der Waals surface area contributed by atoms with E-state index >= 15 is 0 Å². The van der Waals surface area contributed by atoms with Crippen molar-refractivity contribution in [3.63, 3.8) is 0 Å². The summed E-state index contributed by atoms with van der Waals surface area (Å²) in [6.45, 7) is 6.10. The highest BCUT2D eigenvalue weighted by Crippen LogP contribution is 2.34. The average Bonchev–Trinajstić information content (AvgIpc) is 3.27. The summed E-state index contributed by atoms with van der Waals surface area (Å²) in [5.41, 5.74) is 0.0513.